The van der Waals surface area contributed by atoms with E-state index in [9.17, 15) is 14.4 Å². The van der Waals surface area contributed by atoms with E-state index in [0.717, 1.165) is 61.0 Å². The van der Waals surface area contributed by atoms with Crippen molar-refractivity contribution in [3.05, 3.63) is 71.8 Å². The number of ketones is 1. The minimum Gasteiger partial charge on any atom is -0.444 e. The average molecular weight is 743 g/mol. The molecule has 0 bridgehead atoms. The molecule has 0 unspecified atom stereocenters. The second-order valence-electron chi connectivity index (χ2n) is 14.8. The number of ether oxygens (including phenoxy) is 2. The molecule has 2 aromatic carbocycles. The van der Waals surface area contributed by atoms with Crippen LogP contribution in [0.25, 0.3) is 22.5 Å². The zero-order valence-electron chi connectivity index (χ0n) is 30.4. The Bertz CT molecular complexity index is 1850. The van der Waals surface area contributed by atoms with Gasteiger partial charge in [0.1, 0.15) is 11.4 Å². The van der Waals surface area contributed by atoms with Crippen LogP contribution in [0.4, 0.5) is 16.4 Å². The fourth-order valence-corrected chi connectivity index (χ4v) is 6.90. The fraction of sp³-hybridized carbons (Fsp3) is 0.462. The normalized spacial score (nSPS) is 18.2. The van der Waals surface area contributed by atoms with Gasteiger partial charge in [-0.1, -0.05) is 24.3 Å². The summed E-state index contributed by atoms with van der Waals surface area (Å²) in [6, 6.07) is 15.2. The van der Waals surface area contributed by atoms with E-state index >= 15 is 0 Å². The fourth-order valence-electron chi connectivity index (χ4n) is 6.77. The summed E-state index contributed by atoms with van der Waals surface area (Å²) in [6.07, 6.45) is 6.78. The molecule has 6 rings (SSSR count). The van der Waals surface area contributed by atoms with Crippen molar-refractivity contribution in [1.29, 1.82) is 0 Å². The van der Waals surface area contributed by atoms with Gasteiger partial charge < -0.3 is 25.0 Å². The van der Waals surface area contributed by atoms with E-state index in [0.29, 0.717) is 43.6 Å². The molecule has 1 aliphatic heterocycles. The molecule has 53 heavy (non-hydrogen) atoms. The van der Waals surface area contributed by atoms with Gasteiger partial charge in [-0.3, -0.25) is 9.59 Å². The number of nitrogens with zero attached hydrogens (tertiary/aromatic N) is 5. The van der Waals surface area contributed by atoms with Gasteiger partial charge in [0.2, 0.25) is 17.1 Å². The van der Waals surface area contributed by atoms with Gasteiger partial charge in [-0.05, 0) is 106 Å². The number of hydrogen-bond acceptors (Lipinski definition) is 10. The molecule has 1 saturated carbocycles. The van der Waals surface area contributed by atoms with E-state index in [4.69, 9.17) is 21.1 Å². The van der Waals surface area contributed by atoms with Crippen LogP contribution in [-0.2, 0) is 25.5 Å². The maximum absolute atomic E-state index is 13.9. The van der Waals surface area contributed by atoms with E-state index in [1.807, 2.05) is 57.4 Å². The van der Waals surface area contributed by atoms with Crippen molar-refractivity contribution in [3.8, 4) is 22.5 Å². The number of rotatable bonds is 12. The monoisotopic (exact) mass is 742 g/mol. The van der Waals surface area contributed by atoms with Gasteiger partial charge in [0.15, 0.2) is 5.82 Å². The summed E-state index contributed by atoms with van der Waals surface area (Å²) in [4.78, 5) is 55.4. The summed E-state index contributed by atoms with van der Waals surface area (Å²) in [5, 5.41) is 12.8. The summed E-state index contributed by atoms with van der Waals surface area (Å²) in [5.41, 5.74) is 3.52. The van der Waals surface area contributed by atoms with Crippen LogP contribution in [0.5, 0.6) is 0 Å². The van der Waals surface area contributed by atoms with E-state index < -0.39 is 17.6 Å². The number of amides is 2. The van der Waals surface area contributed by atoms with E-state index in [-0.39, 0.29) is 35.2 Å². The lowest BCUT2D eigenvalue weighted by Gasteiger charge is -2.29. The number of halogens is 1. The van der Waals surface area contributed by atoms with Crippen LogP contribution in [0.1, 0.15) is 58.4 Å². The third kappa shape index (κ3) is 10.8. The number of hydrogen-bond donors (Lipinski definition) is 3. The predicted molar refractivity (Wildman–Crippen MR) is 202 cm³/mol. The SMILES string of the molecule is CC(C)(C)OC(=O)NCC1CCC(C(=O)C[C@@H](Cc2cccc(-c3cnc(N4CCOCC4)nc3)c2)C(=O)Nc2ccc(-c3n[nH]c(Cl)n3)cc2)CC1. The summed E-state index contributed by atoms with van der Waals surface area (Å²) >= 11 is 5.90. The number of aromatic amines is 1. The number of H-pyrrole nitrogens is 1. The molecular formula is C39H47ClN8O5. The molecule has 1 saturated heterocycles. The molecule has 0 radical (unpaired) electrons. The highest BCUT2D eigenvalue weighted by Crippen LogP contribution is 2.32. The van der Waals surface area contributed by atoms with Crippen molar-refractivity contribution in [2.24, 2.45) is 17.8 Å². The lowest BCUT2D eigenvalue weighted by Crippen LogP contribution is -2.37. The smallest absolute Gasteiger partial charge is 0.407 e. The van der Waals surface area contributed by atoms with Crippen LogP contribution in [0, 0.1) is 17.8 Å². The second-order valence-corrected chi connectivity index (χ2v) is 15.1. The van der Waals surface area contributed by atoms with Crippen molar-refractivity contribution in [1.82, 2.24) is 30.5 Å². The van der Waals surface area contributed by atoms with Gasteiger partial charge in [0.25, 0.3) is 0 Å². The van der Waals surface area contributed by atoms with Gasteiger partial charge in [-0.2, -0.15) is 10.1 Å². The number of nitrogens with one attached hydrogen (secondary N) is 3. The largest absolute Gasteiger partial charge is 0.444 e. The Morgan fingerprint density at radius 3 is 2.36 bits per heavy atom. The first-order valence-corrected chi connectivity index (χ1v) is 18.6. The number of morpholine rings is 1. The minimum absolute atomic E-state index is 0.0868. The Hall–Kier alpha value is -4.88. The topological polar surface area (TPSA) is 164 Å². The number of carbonyl (C=O) groups is 3. The van der Waals surface area contributed by atoms with E-state index in [1.54, 1.807) is 24.3 Å². The number of aromatic nitrogens is 5. The molecular weight excluding hydrogens is 696 g/mol. The molecule has 1 aliphatic carbocycles. The Labute approximate surface area is 314 Å². The molecule has 13 nitrogen and oxygen atoms in total. The molecule has 2 aromatic heterocycles. The molecule has 3 heterocycles. The zero-order chi connectivity index (χ0) is 37.4. The van der Waals surface area contributed by atoms with Crippen LogP contribution >= 0.6 is 11.6 Å². The summed E-state index contributed by atoms with van der Waals surface area (Å²) in [6.45, 7) is 8.83. The van der Waals surface area contributed by atoms with Crippen molar-refractivity contribution in [3.63, 3.8) is 0 Å². The van der Waals surface area contributed by atoms with Crippen molar-refractivity contribution < 1.29 is 23.9 Å². The predicted octanol–water partition coefficient (Wildman–Crippen LogP) is 6.51. The Morgan fingerprint density at radius 1 is 0.981 bits per heavy atom. The lowest BCUT2D eigenvalue weighted by atomic mass is 9.77. The highest BCUT2D eigenvalue weighted by atomic mass is 35.5. The van der Waals surface area contributed by atoms with Gasteiger partial charge in [0.05, 0.1) is 13.2 Å². The molecule has 1 atom stereocenters. The minimum atomic E-state index is -0.601. The third-order valence-electron chi connectivity index (χ3n) is 9.60. The third-order valence-corrected chi connectivity index (χ3v) is 9.77. The van der Waals surface area contributed by atoms with Gasteiger partial charge in [-0.15, -0.1) is 0 Å². The zero-order valence-corrected chi connectivity index (χ0v) is 31.2. The van der Waals surface area contributed by atoms with Gasteiger partial charge in [-0.25, -0.2) is 19.9 Å². The quantitative estimate of drug-likeness (QED) is 0.146. The van der Waals surface area contributed by atoms with Crippen LogP contribution < -0.4 is 15.5 Å². The maximum atomic E-state index is 13.9. The van der Waals surface area contributed by atoms with Crippen LogP contribution in [-0.4, -0.2) is 81.4 Å². The van der Waals surface area contributed by atoms with Crippen LogP contribution in [0.3, 0.4) is 0 Å². The Kier molecular flexibility index (Phi) is 12.4. The summed E-state index contributed by atoms with van der Waals surface area (Å²) < 4.78 is 10.8. The first-order valence-electron chi connectivity index (χ1n) is 18.2. The van der Waals surface area contributed by atoms with Crippen LogP contribution in [0.2, 0.25) is 5.28 Å². The first kappa shape index (κ1) is 37.9. The van der Waals surface area contributed by atoms with Crippen LogP contribution in [0.15, 0.2) is 60.9 Å². The summed E-state index contributed by atoms with van der Waals surface area (Å²) in [5.74, 6) is 0.521. The number of alkyl carbamates (subject to hydrolysis) is 1. The first-order chi connectivity index (χ1) is 25.5. The average Bonchev–Trinajstić information content (AvgIpc) is 3.60. The Morgan fingerprint density at radius 2 is 1.70 bits per heavy atom. The molecule has 4 aromatic rings. The molecule has 280 valence electrons. The molecule has 3 N–H and O–H groups in total. The van der Waals surface area contributed by atoms with Gasteiger partial charge >= 0.3 is 6.09 Å². The lowest BCUT2D eigenvalue weighted by molar-refractivity contribution is -0.129. The van der Waals surface area contributed by atoms with E-state index in [1.165, 1.54) is 0 Å². The molecule has 2 aliphatic rings. The summed E-state index contributed by atoms with van der Waals surface area (Å²) in [7, 11) is 0. The highest BCUT2D eigenvalue weighted by molar-refractivity contribution is 6.28. The molecule has 2 amide bonds. The Balaban J connectivity index is 1.12. The number of benzene rings is 2. The maximum Gasteiger partial charge on any atom is 0.407 e. The number of carbonyl (C=O) groups excluding carboxylic acids is 3. The van der Waals surface area contributed by atoms with Crippen molar-refractivity contribution >= 4 is 41.0 Å². The number of Topliss-reactive ketones (excluding diaryl/α,β-unsaturated/α-hetero) is 1. The molecule has 14 heteroatoms. The van der Waals surface area contributed by atoms with Gasteiger partial charge in [0, 0.05) is 67.1 Å². The molecule has 0 spiro atoms. The second kappa shape index (κ2) is 17.3. The van der Waals surface area contributed by atoms with E-state index in [2.05, 4.69) is 40.7 Å². The number of anilines is 2. The highest BCUT2D eigenvalue weighted by Gasteiger charge is 2.31. The molecule has 2 fully saturated rings. The van der Waals surface area contributed by atoms with Crippen molar-refractivity contribution in [2.45, 2.75) is 64.9 Å². The van der Waals surface area contributed by atoms with Crippen molar-refractivity contribution in [2.75, 3.05) is 43.1 Å². The standard InChI is InChI=1S/C39H47ClN8O5/c1-39(2,3)53-38(51)43-22-25-7-9-27(10-8-25)33(49)21-30(35(50)44-32-13-11-28(12-14-32)34-45-36(40)47-46-34)20-26-5-4-6-29(19-26)31-23-41-37(42-24-31)48-15-17-52-18-16-48/h4-6,11-14,19,23-25,27,30H,7-10,15-18,20-22H2,1-3H3,(H,43,51)(H,44,50)(H,45,46,47)/t25?,27?,30-/m1/s1.